The average molecular weight is 260 g/mol. The number of aryl methyl sites for hydroxylation is 1. The number of nitrogens with zero attached hydrogens (tertiary/aromatic N) is 3. The molecule has 0 radical (unpaired) electrons. The molecule has 0 amide bonds. The van der Waals surface area contributed by atoms with Gasteiger partial charge in [0.05, 0.1) is 7.11 Å². The van der Waals surface area contributed by atoms with Gasteiger partial charge in [0.15, 0.2) is 0 Å². The molecule has 0 aliphatic carbocycles. The van der Waals surface area contributed by atoms with Crippen LogP contribution >= 0.6 is 0 Å². The van der Waals surface area contributed by atoms with Crippen molar-refractivity contribution in [1.82, 2.24) is 20.1 Å². The lowest BCUT2D eigenvalue weighted by Gasteiger charge is -2.16. The molecule has 1 unspecified atom stereocenters. The number of ether oxygens (including phenoxy) is 1. The van der Waals surface area contributed by atoms with Crippen LogP contribution in [0, 0.1) is 0 Å². The van der Waals surface area contributed by atoms with Gasteiger partial charge in [0.1, 0.15) is 17.9 Å². The van der Waals surface area contributed by atoms with Crippen LogP contribution in [0.5, 0.6) is 5.75 Å². The van der Waals surface area contributed by atoms with Gasteiger partial charge in [-0.25, -0.2) is 4.98 Å². The predicted octanol–water partition coefficient (Wildman–Crippen LogP) is 1.20. The van der Waals surface area contributed by atoms with Crippen LogP contribution in [0.25, 0.3) is 0 Å². The highest BCUT2D eigenvalue weighted by molar-refractivity contribution is 5.29. The summed E-state index contributed by atoms with van der Waals surface area (Å²) in [6, 6.07) is 8.49. The lowest BCUT2D eigenvalue weighted by atomic mass is 10.0. The summed E-state index contributed by atoms with van der Waals surface area (Å²) >= 11 is 0. The standard InChI is InChI=1S/C14H20N4O/c1-15-12(9-14-16-10-17-18(14)2)7-11-5-4-6-13(8-11)19-3/h4-6,8,10,12,15H,7,9H2,1-3H3. The van der Waals surface area contributed by atoms with Crippen molar-refractivity contribution >= 4 is 0 Å². The van der Waals surface area contributed by atoms with Gasteiger partial charge < -0.3 is 10.1 Å². The number of nitrogens with one attached hydrogen (secondary N) is 1. The van der Waals surface area contributed by atoms with E-state index in [0.29, 0.717) is 6.04 Å². The van der Waals surface area contributed by atoms with Gasteiger partial charge in [-0.05, 0) is 31.2 Å². The summed E-state index contributed by atoms with van der Waals surface area (Å²) in [6.07, 6.45) is 3.37. The van der Waals surface area contributed by atoms with Crippen molar-refractivity contribution in [3.63, 3.8) is 0 Å². The zero-order valence-corrected chi connectivity index (χ0v) is 11.6. The van der Waals surface area contributed by atoms with Gasteiger partial charge in [-0.15, -0.1) is 0 Å². The fourth-order valence-electron chi connectivity index (χ4n) is 2.09. The molecule has 0 aliphatic heterocycles. The number of likely N-dealkylation sites (N-methyl/N-ethyl adjacent to an activating group) is 1. The van der Waals surface area contributed by atoms with Crippen molar-refractivity contribution in [2.24, 2.45) is 7.05 Å². The van der Waals surface area contributed by atoms with Crippen LogP contribution < -0.4 is 10.1 Å². The second kappa shape index (κ2) is 6.33. The van der Waals surface area contributed by atoms with Crippen LogP contribution in [0.4, 0.5) is 0 Å². The van der Waals surface area contributed by atoms with E-state index in [-0.39, 0.29) is 0 Å². The first-order valence-corrected chi connectivity index (χ1v) is 6.36. The number of hydrogen-bond donors (Lipinski definition) is 1. The average Bonchev–Trinajstić information content (AvgIpc) is 2.83. The van der Waals surface area contributed by atoms with Crippen LogP contribution in [0.15, 0.2) is 30.6 Å². The molecule has 102 valence electrons. The Morgan fingerprint density at radius 3 is 2.84 bits per heavy atom. The normalized spacial score (nSPS) is 12.4. The van der Waals surface area contributed by atoms with E-state index in [1.54, 1.807) is 13.4 Å². The summed E-state index contributed by atoms with van der Waals surface area (Å²) in [5, 5.41) is 7.43. The third-order valence-electron chi connectivity index (χ3n) is 3.26. The van der Waals surface area contributed by atoms with Crippen molar-refractivity contribution in [3.8, 4) is 5.75 Å². The molecule has 0 bridgehead atoms. The molecule has 1 N–H and O–H groups in total. The van der Waals surface area contributed by atoms with Gasteiger partial charge in [0.25, 0.3) is 0 Å². The van der Waals surface area contributed by atoms with Crippen molar-refractivity contribution in [3.05, 3.63) is 42.0 Å². The molecule has 1 atom stereocenters. The Labute approximate surface area is 113 Å². The fraction of sp³-hybridized carbons (Fsp3) is 0.429. The zero-order valence-electron chi connectivity index (χ0n) is 11.6. The maximum Gasteiger partial charge on any atom is 0.138 e. The summed E-state index contributed by atoms with van der Waals surface area (Å²) in [6.45, 7) is 0. The third kappa shape index (κ3) is 3.54. The molecule has 19 heavy (non-hydrogen) atoms. The van der Waals surface area contributed by atoms with Crippen LogP contribution in [0.2, 0.25) is 0 Å². The minimum atomic E-state index is 0.329. The second-order valence-corrected chi connectivity index (χ2v) is 4.55. The molecule has 5 nitrogen and oxygen atoms in total. The molecule has 0 fully saturated rings. The highest BCUT2D eigenvalue weighted by Crippen LogP contribution is 2.15. The zero-order chi connectivity index (χ0) is 13.7. The van der Waals surface area contributed by atoms with E-state index in [9.17, 15) is 0 Å². The molecule has 1 heterocycles. The number of hydrogen-bond acceptors (Lipinski definition) is 4. The number of benzene rings is 1. The Balaban J connectivity index is 2.04. The molecule has 2 rings (SSSR count). The Hall–Kier alpha value is -1.88. The Bertz CT molecular complexity index is 524. The van der Waals surface area contributed by atoms with Crippen molar-refractivity contribution in [2.75, 3.05) is 14.2 Å². The largest absolute Gasteiger partial charge is 0.497 e. The Morgan fingerprint density at radius 2 is 2.21 bits per heavy atom. The maximum atomic E-state index is 5.25. The molecule has 0 aliphatic rings. The molecule has 0 saturated carbocycles. The van der Waals surface area contributed by atoms with E-state index in [4.69, 9.17) is 4.74 Å². The predicted molar refractivity (Wildman–Crippen MR) is 74.3 cm³/mol. The summed E-state index contributed by atoms with van der Waals surface area (Å²) in [7, 11) is 5.58. The topological polar surface area (TPSA) is 52.0 Å². The molecular weight excluding hydrogens is 240 g/mol. The smallest absolute Gasteiger partial charge is 0.138 e. The summed E-state index contributed by atoms with van der Waals surface area (Å²) in [5.41, 5.74) is 1.25. The van der Waals surface area contributed by atoms with Gasteiger partial charge >= 0.3 is 0 Å². The van der Waals surface area contributed by atoms with Crippen LogP contribution in [0.1, 0.15) is 11.4 Å². The Morgan fingerprint density at radius 1 is 1.37 bits per heavy atom. The molecule has 0 spiro atoms. The monoisotopic (exact) mass is 260 g/mol. The van der Waals surface area contributed by atoms with Gasteiger partial charge in [-0.1, -0.05) is 12.1 Å². The number of rotatable bonds is 6. The summed E-state index contributed by atoms with van der Waals surface area (Å²) < 4.78 is 7.06. The highest BCUT2D eigenvalue weighted by atomic mass is 16.5. The van der Waals surface area contributed by atoms with Crippen molar-refractivity contribution in [1.29, 1.82) is 0 Å². The van der Waals surface area contributed by atoms with Crippen LogP contribution in [0.3, 0.4) is 0 Å². The maximum absolute atomic E-state index is 5.25. The van der Waals surface area contributed by atoms with Crippen LogP contribution in [-0.2, 0) is 19.9 Å². The summed E-state index contributed by atoms with van der Waals surface area (Å²) in [5.74, 6) is 1.88. The lowest BCUT2D eigenvalue weighted by Crippen LogP contribution is -2.31. The van der Waals surface area contributed by atoms with E-state index in [1.165, 1.54) is 5.56 Å². The molecular formula is C14H20N4O. The minimum absolute atomic E-state index is 0.329. The molecule has 1 aromatic carbocycles. The van der Waals surface area contributed by atoms with Crippen molar-refractivity contribution < 1.29 is 4.74 Å². The van der Waals surface area contributed by atoms with Gasteiger partial charge in [-0.3, -0.25) is 4.68 Å². The first-order valence-electron chi connectivity index (χ1n) is 6.36. The Kier molecular flexibility index (Phi) is 4.52. The third-order valence-corrected chi connectivity index (χ3v) is 3.26. The fourth-order valence-corrected chi connectivity index (χ4v) is 2.09. The lowest BCUT2D eigenvalue weighted by molar-refractivity contribution is 0.413. The van der Waals surface area contributed by atoms with Crippen LogP contribution in [-0.4, -0.2) is 35.0 Å². The molecule has 2 aromatic rings. The van der Waals surface area contributed by atoms with E-state index < -0.39 is 0 Å². The van der Waals surface area contributed by atoms with Crippen molar-refractivity contribution in [2.45, 2.75) is 18.9 Å². The van der Waals surface area contributed by atoms with E-state index >= 15 is 0 Å². The molecule has 5 heteroatoms. The minimum Gasteiger partial charge on any atom is -0.497 e. The number of aromatic nitrogens is 3. The SMILES string of the molecule is CNC(Cc1cccc(OC)c1)Cc1ncnn1C. The molecule has 1 aromatic heterocycles. The molecule has 0 saturated heterocycles. The van der Waals surface area contributed by atoms with E-state index in [1.807, 2.05) is 30.9 Å². The van der Waals surface area contributed by atoms with E-state index in [2.05, 4.69) is 27.5 Å². The first kappa shape index (κ1) is 13.5. The highest BCUT2D eigenvalue weighted by Gasteiger charge is 2.12. The second-order valence-electron chi connectivity index (χ2n) is 4.55. The van der Waals surface area contributed by atoms with E-state index in [0.717, 1.165) is 24.4 Å². The number of methoxy groups -OCH3 is 1. The van der Waals surface area contributed by atoms with Gasteiger partial charge in [-0.2, -0.15) is 5.10 Å². The first-order chi connectivity index (χ1) is 9.22. The quantitative estimate of drug-likeness (QED) is 0.848. The van der Waals surface area contributed by atoms with Gasteiger partial charge in [0.2, 0.25) is 0 Å². The summed E-state index contributed by atoms with van der Waals surface area (Å²) in [4.78, 5) is 4.27. The van der Waals surface area contributed by atoms with Gasteiger partial charge in [0, 0.05) is 19.5 Å².